The number of halogens is 2. The van der Waals surface area contributed by atoms with E-state index < -0.39 is 5.82 Å². The number of anilines is 3. The Labute approximate surface area is 114 Å². The number of nitrogen functional groups attached to an aromatic ring is 1. The Bertz CT molecular complexity index is 621. The van der Waals surface area contributed by atoms with Crippen LogP contribution in [0.5, 0.6) is 5.75 Å². The highest BCUT2D eigenvalue weighted by Gasteiger charge is 2.11. The van der Waals surface area contributed by atoms with Crippen molar-refractivity contribution < 1.29 is 9.13 Å². The summed E-state index contributed by atoms with van der Waals surface area (Å²) in [5.74, 6) is 0.293. The van der Waals surface area contributed by atoms with Crippen molar-refractivity contribution in [1.82, 2.24) is 9.97 Å². The third kappa shape index (κ3) is 2.85. The molecule has 0 aliphatic rings. The van der Waals surface area contributed by atoms with Crippen LogP contribution in [0.15, 0.2) is 18.2 Å². The number of hydrogen-bond acceptors (Lipinski definition) is 5. The number of nitrogens with two attached hydrogens (primary N) is 1. The van der Waals surface area contributed by atoms with E-state index >= 15 is 0 Å². The molecule has 5 nitrogen and oxygen atoms in total. The molecular formula is C12H12ClFN4O. The topological polar surface area (TPSA) is 73.1 Å². The maximum Gasteiger partial charge on any atom is 0.224 e. The molecule has 0 aliphatic heterocycles. The summed E-state index contributed by atoms with van der Waals surface area (Å²) in [7, 11) is 1.45. The Balaban J connectivity index is 2.41. The Hall–Kier alpha value is -2.08. The minimum Gasteiger partial charge on any atom is -0.494 e. The number of aromatic nitrogens is 2. The predicted molar refractivity (Wildman–Crippen MR) is 72.4 cm³/mol. The van der Waals surface area contributed by atoms with Crippen molar-refractivity contribution in [1.29, 1.82) is 0 Å². The van der Waals surface area contributed by atoms with Crippen molar-refractivity contribution in [2.24, 2.45) is 0 Å². The largest absolute Gasteiger partial charge is 0.494 e. The van der Waals surface area contributed by atoms with Crippen LogP contribution in [-0.2, 0) is 0 Å². The van der Waals surface area contributed by atoms with E-state index in [1.165, 1.54) is 25.3 Å². The van der Waals surface area contributed by atoms with Crippen LogP contribution in [0.25, 0.3) is 0 Å². The maximum atomic E-state index is 13.1. The number of nitrogens with one attached hydrogen (secondary N) is 1. The number of rotatable bonds is 3. The van der Waals surface area contributed by atoms with Gasteiger partial charge < -0.3 is 15.8 Å². The zero-order valence-electron chi connectivity index (χ0n) is 10.4. The third-order valence-corrected chi connectivity index (χ3v) is 2.69. The lowest BCUT2D eigenvalue weighted by molar-refractivity contribution is 0.413. The molecule has 100 valence electrons. The van der Waals surface area contributed by atoms with Gasteiger partial charge in [-0.2, -0.15) is 4.98 Å². The van der Waals surface area contributed by atoms with Crippen LogP contribution < -0.4 is 15.8 Å². The van der Waals surface area contributed by atoms with Gasteiger partial charge in [0.25, 0.3) is 0 Å². The molecule has 0 bridgehead atoms. The molecule has 7 heteroatoms. The van der Waals surface area contributed by atoms with E-state index in [0.717, 1.165) is 0 Å². The molecule has 1 aromatic carbocycles. The molecule has 0 atom stereocenters. The lowest BCUT2D eigenvalue weighted by atomic mass is 10.2. The minimum atomic E-state index is -0.396. The number of methoxy groups -OCH3 is 1. The van der Waals surface area contributed by atoms with Gasteiger partial charge in [0.15, 0.2) is 5.82 Å². The number of benzene rings is 1. The van der Waals surface area contributed by atoms with E-state index in [1.54, 1.807) is 6.92 Å². The molecule has 0 fully saturated rings. The molecule has 0 aliphatic carbocycles. The summed E-state index contributed by atoms with van der Waals surface area (Å²) in [6.07, 6.45) is 0. The number of ether oxygens (including phenoxy) is 1. The fraction of sp³-hybridized carbons (Fsp3) is 0.167. The van der Waals surface area contributed by atoms with Crippen LogP contribution in [-0.4, -0.2) is 17.1 Å². The van der Waals surface area contributed by atoms with E-state index in [1.807, 2.05) is 0 Å². The van der Waals surface area contributed by atoms with Crippen LogP contribution in [0.4, 0.5) is 21.6 Å². The smallest absolute Gasteiger partial charge is 0.224 e. The average molecular weight is 283 g/mol. The molecular weight excluding hydrogens is 271 g/mol. The van der Waals surface area contributed by atoms with Gasteiger partial charge in [-0.1, -0.05) is 0 Å². The quantitative estimate of drug-likeness (QED) is 0.847. The van der Waals surface area contributed by atoms with Crippen molar-refractivity contribution in [2.75, 3.05) is 18.2 Å². The zero-order valence-corrected chi connectivity index (χ0v) is 11.1. The van der Waals surface area contributed by atoms with E-state index in [0.29, 0.717) is 28.6 Å². The summed E-state index contributed by atoms with van der Waals surface area (Å²) in [4.78, 5) is 7.93. The summed E-state index contributed by atoms with van der Waals surface area (Å²) in [5.41, 5.74) is 7.32. The van der Waals surface area contributed by atoms with Gasteiger partial charge in [0.2, 0.25) is 5.28 Å². The molecule has 2 rings (SSSR count). The molecule has 0 saturated carbocycles. The van der Waals surface area contributed by atoms with Gasteiger partial charge in [-0.15, -0.1) is 0 Å². The highest BCUT2D eigenvalue weighted by Crippen LogP contribution is 2.30. The standard InChI is InChI=1S/C12H12ClFN4O/c1-6-10(15)11(18-12(13)16-6)17-8-4-3-7(14)5-9(8)19-2/h3-5H,15H2,1-2H3,(H,16,17,18). The van der Waals surface area contributed by atoms with Gasteiger partial charge >= 0.3 is 0 Å². The molecule has 0 unspecified atom stereocenters. The van der Waals surface area contributed by atoms with Crippen molar-refractivity contribution in [3.05, 3.63) is 35.0 Å². The first-order valence-corrected chi connectivity index (χ1v) is 5.79. The molecule has 1 aromatic heterocycles. The van der Waals surface area contributed by atoms with Crippen LogP contribution in [0.2, 0.25) is 5.28 Å². The Morgan fingerprint density at radius 2 is 2.11 bits per heavy atom. The Kier molecular flexibility index (Phi) is 3.71. The number of aryl methyl sites for hydroxylation is 1. The van der Waals surface area contributed by atoms with Gasteiger partial charge in [0.05, 0.1) is 24.2 Å². The normalized spacial score (nSPS) is 10.3. The van der Waals surface area contributed by atoms with E-state index in [4.69, 9.17) is 22.1 Å². The van der Waals surface area contributed by atoms with E-state index in [-0.39, 0.29) is 5.28 Å². The van der Waals surface area contributed by atoms with Crippen LogP contribution in [0.3, 0.4) is 0 Å². The van der Waals surface area contributed by atoms with Gasteiger partial charge in [-0.25, -0.2) is 9.37 Å². The van der Waals surface area contributed by atoms with E-state index in [9.17, 15) is 4.39 Å². The molecule has 1 heterocycles. The van der Waals surface area contributed by atoms with Crippen LogP contribution >= 0.6 is 11.6 Å². The third-order valence-electron chi connectivity index (χ3n) is 2.53. The molecule has 0 radical (unpaired) electrons. The van der Waals surface area contributed by atoms with E-state index in [2.05, 4.69) is 15.3 Å². The van der Waals surface area contributed by atoms with Crippen molar-refractivity contribution >= 4 is 28.8 Å². The second kappa shape index (κ2) is 5.27. The molecule has 2 aromatic rings. The van der Waals surface area contributed by atoms with Gasteiger partial charge in [0, 0.05) is 6.07 Å². The molecule has 0 saturated heterocycles. The lowest BCUT2D eigenvalue weighted by Gasteiger charge is -2.13. The SMILES string of the molecule is COc1cc(F)ccc1Nc1nc(Cl)nc(C)c1N. The second-order valence-corrected chi connectivity index (χ2v) is 4.15. The minimum absolute atomic E-state index is 0.0790. The van der Waals surface area contributed by atoms with Crippen molar-refractivity contribution in [3.8, 4) is 5.75 Å². The average Bonchev–Trinajstić information content (AvgIpc) is 2.37. The molecule has 0 amide bonds. The number of hydrogen-bond donors (Lipinski definition) is 2. The molecule has 3 N–H and O–H groups in total. The van der Waals surface area contributed by atoms with Gasteiger partial charge in [-0.3, -0.25) is 0 Å². The van der Waals surface area contributed by atoms with Gasteiger partial charge in [-0.05, 0) is 30.7 Å². The highest BCUT2D eigenvalue weighted by molar-refractivity contribution is 6.28. The summed E-state index contributed by atoms with van der Waals surface area (Å²) in [6.45, 7) is 1.72. The first kappa shape index (κ1) is 13.4. The zero-order chi connectivity index (χ0) is 14.0. The Morgan fingerprint density at radius 1 is 1.37 bits per heavy atom. The summed E-state index contributed by atoms with van der Waals surface area (Å²) >= 11 is 5.78. The first-order chi connectivity index (χ1) is 9.01. The second-order valence-electron chi connectivity index (χ2n) is 3.81. The van der Waals surface area contributed by atoms with Crippen molar-refractivity contribution in [2.45, 2.75) is 6.92 Å². The lowest BCUT2D eigenvalue weighted by Crippen LogP contribution is -2.04. The van der Waals surface area contributed by atoms with Crippen LogP contribution in [0.1, 0.15) is 5.69 Å². The maximum absolute atomic E-state index is 13.1. The molecule has 19 heavy (non-hydrogen) atoms. The summed E-state index contributed by atoms with van der Waals surface area (Å²) in [6, 6.07) is 4.09. The van der Waals surface area contributed by atoms with Crippen LogP contribution in [0, 0.1) is 12.7 Å². The predicted octanol–water partition coefficient (Wildman–Crippen LogP) is 2.91. The van der Waals surface area contributed by atoms with Gasteiger partial charge in [0.1, 0.15) is 11.6 Å². The Morgan fingerprint density at radius 3 is 2.79 bits per heavy atom. The molecule has 0 spiro atoms. The first-order valence-electron chi connectivity index (χ1n) is 5.41. The summed E-state index contributed by atoms with van der Waals surface area (Å²) in [5, 5.41) is 3.03. The monoisotopic (exact) mass is 282 g/mol. The fourth-order valence-corrected chi connectivity index (χ4v) is 1.75. The van der Waals surface area contributed by atoms with Crippen molar-refractivity contribution in [3.63, 3.8) is 0 Å². The summed E-state index contributed by atoms with van der Waals surface area (Å²) < 4.78 is 18.2. The highest BCUT2D eigenvalue weighted by atomic mass is 35.5. The fourth-order valence-electron chi connectivity index (χ4n) is 1.54. The number of nitrogens with zero attached hydrogens (tertiary/aromatic N) is 2.